The van der Waals surface area contributed by atoms with E-state index in [9.17, 15) is 0 Å². The van der Waals surface area contributed by atoms with Crippen molar-refractivity contribution in [3.8, 4) is 5.75 Å². The van der Waals surface area contributed by atoms with Crippen molar-refractivity contribution >= 4 is 38.9 Å². The first kappa shape index (κ1) is 14.2. The Kier molecular flexibility index (Phi) is 4.72. The van der Waals surface area contributed by atoms with Gasteiger partial charge in [0.05, 0.1) is 7.11 Å². The summed E-state index contributed by atoms with van der Waals surface area (Å²) >= 11 is 9.72. The number of ether oxygens (including phenoxy) is 1. The summed E-state index contributed by atoms with van der Waals surface area (Å²) in [5.74, 6) is 0.851. The van der Waals surface area contributed by atoms with E-state index in [1.165, 1.54) is 0 Å². The quantitative estimate of drug-likeness (QED) is 0.725. The van der Waals surface area contributed by atoms with Crippen LogP contribution >= 0.6 is 27.5 Å². The van der Waals surface area contributed by atoms with Crippen LogP contribution in [-0.4, -0.2) is 14.2 Å². The van der Waals surface area contributed by atoms with Gasteiger partial charge in [-0.2, -0.15) is 0 Å². The molecule has 0 aromatic heterocycles. The van der Waals surface area contributed by atoms with Gasteiger partial charge in [-0.1, -0.05) is 33.6 Å². The fraction of sp³-hybridized carbons (Fsp3) is 0.200. The lowest BCUT2D eigenvalue weighted by molar-refractivity contribution is 0.415. The van der Waals surface area contributed by atoms with Crippen LogP contribution in [0, 0.1) is 0 Å². The zero-order valence-corrected chi connectivity index (χ0v) is 13.2. The van der Waals surface area contributed by atoms with Gasteiger partial charge in [0.15, 0.2) is 0 Å². The van der Waals surface area contributed by atoms with Crippen molar-refractivity contribution in [3.63, 3.8) is 0 Å². The number of alkyl halides is 1. The van der Waals surface area contributed by atoms with Crippen molar-refractivity contribution in [2.24, 2.45) is 0 Å². The summed E-state index contributed by atoms with van der Waals surface area (Å²) in [4.78, 5) is 2.11. The van der Waals surface area contributed by atoms with Crippen LogP contribution in [0.2, 0.25) is 5.02 Å². The molecular formula is C15H15BrClNO. The molecule has 0 saturated heterocycles. The Bertz CT molecular complexity index is 557. The predicted octanol–water partition coefficient (Wildman–Crippen LogP) is 5.01. The van der Waals surface area contributed by atoms with Crippen LogP contribution in [0.25, 0.3) is 0 Å². The first-order valence-corrected chi connectivity index (χ1v) is 7.38. The van der Waals surface area contributed by atoms with Gasteiger partial charge in [0, 0.05) is 34.3 Å². The summed E-state index contributed by atoms with van der Waals surface area (Å²) in [6.07, 6.45) is 0. The van der Waals surface area contributed by atoms with E-state index < -0.39 is 0 Å². The molecule has 0 spiro atoms. The third-order valence-electron chi connectivity index (χ3n) is 3.05. The van der Waals surface area contributed by atoms with Crippen LogP contribution in [0.15, 0.2) is 42.5 Å². The molecule has 2 aromatic carbocycles. The zero-order chi connectivity index (χ0) is 13.8. The maximum Gasteiger partial charge on any atom is 0.119 e. The van der Waals surface area contributed by atoms with E-state index in [1.807, 2.05) is 43.4 Å². The fourth-order valence-electron chi connectivity index (χ4n) is 1.94. The second-order valence-electron chi connectivity index (χ2n) is 4.13. The molecule has 19 heavy (non-hydrogen) atoms. The van der Waals surface area contributed by atoms with Crippen LogP contribution in [-0.2, 0) is 5.33 Å². The van der Waals surface area contributed by atoms with Crippen molar-refractivity contribution in [2.45, 2.75) is 5.33 Å². The molecule has 0 heterocycles. The van der Waals surface area contributed by atoms with Crippen molar-refractivity contribution in [1.29, 1.82) is 0 Å². The smallest absolute Gasteiger partial charge is 0.119 e. The maximum atomic E-state index is 6.23. The highest BCUT2D eigenvalue weighted by Crippen LogP contribution is 2.33. The number of halogens is 2. The highest BCUT2D eigenvalue weighted by molar-refractivity contribution is 9.08. The van der Waals surface area contributed by atoms with E-state index in [2.05, 4.69) is 26.9 Å². The van der Waals surface area contributed by atoms with E-state index in [4.69, 9.17) is 16.3 Å². The lowest BCUT2D eigenvalue weighted by Crippen LogP contribution is -2.11. The minimum Gasteiger partial charge on any atom is -0.497 e. The van der Waals surface area contributed by atoms with Crippen LogP contribution in [0.4, 0.5) is 11.4 Å². The average Bonchev–Trinajstić information content (AvgIpc) is 2.46. The second kappa shape index (κ2) is 6.31. The summed E-state index contributed by atoms with van der Waals surface area (Å²) in [5.41, 5.74) is 3.27. The topological polar surface area (TPSA) is 12.5 Å². The normalized spacial score (nSPS) is 10.3. The molecule has 0 amide bonds. The van der Waals surface area contributed by atoms with Crippen molar-refractivity contribution in [1.82, 2.24) is 0 Å². The molecule has 0 aliphatic heterocycles. The third-order valence-corrected chi connectivity index (χ3v) is 3.96. The molecule has 0 radical (unpaired) electrons. The van der Waals surface area contributed by atoms with Gasteiger partial charge < -0.3 is 9.64 Å². The molecule has 0 unspecified atom stereocenters. The first-order chi connectivity index (χ1) is 9.17. The van der Waals surface area contributed by atoms with Crippen LogP contribution in [0.1, 0.15) is 5.56 Å². The van der Waals surface area contributed by atoms with Gasteiger partial charge in [-0.3, -0.25) is 0 Å². The third kappa shape index (κ3) is 3.04. The summed E-state index contributed by atoms with van der Waals surface area (Å²) in [5, 5.41) is 1.50. The maximum absolute atomic E-state index is 6.23. The Hall–Kier alpha value is -1.19. The molecule has 0 aliphatic rings. The highest BCUT2D eigenvalue weighted by Gasteiger charge is 2.11. The molecular weight excluding hydrogens is 326 g/mol. The minimum atomic E-state index is 0.725. The Morgan fingerprint density at radius 3 is 2.42 bits per heavy atom. The molecule has 0 aliphatic carbocycles. The van der Waals surface area contributed by atoms with E-state index in [0.717, 1.165) is 33.0 Å². The Morgan fingerprint density at radius 1 is 1.16 bits per heavy atom. The predicted molar refractivity (Wildman–Crippen MR) is 85.1 cm³/mol. The molecule has 0 fully saturated rings. The first-order valence-electron chi connectivity index (χ1n) is 5.88. The van der Waals surface area contributed by atoms with E-state index in [0.29, 0.717) is 0 Å². The van der Waals surface area contributed by atoms with E-state index >= 15 is 0 Å². The van der Waals surface area contributed by atoms with Crippen LogP contribution in [0.5, 0.6) is 5.75 Å². The lowest BCUT2D eigenvalue weighted by Gasteiger charge is -2.23. The van der Waals surface area contributed by atoms with Gasteiger partial charge in [0.2, 0.25) is 0 Å². The van der Waals surface area contributed by atoms with Gasteiger partial charge in [0.1, 0.15) is 5.75 Å². The molecule has 0 bridgehead atoms. The number of hydrogen-bond acceptors (Lipinski definition) is 2. The highest BCUT2D eigenvalue weighted by atomic mass is 79.9. The minimum absolute atomic E-state index is 0.725. The van der Waals surface area contributed by atoms with Gasteiger partial charge in [-0.25, -0.2) is 0 Å². The van der Waals surface area contributed by atoms with Gasteiger partial charge in [0.25, 0.3) is 0 Å². The lowest BCUT2D eigenvalue weighted by atomic mass is 10.1. The fourth-order valence-corrected chi connectivity index (χ4v) is 2.93. The van der Waals surface area contributed by atoms with Gasteiger partial charge in [-0.05, 0) is 36.4 Å². The van der Waals surface area contributed by atoms with Crippen molar-refractivity contribution in [2.75, 3.05) is 19.1 Å². The monoisotopic (exact) mass is 339 g/mol. The van der Waals surface area contributed by atoms with E-state index in [-0.39, 0.29) is 0 Å². The second-order valence-corrected chi connectivity index (χ2v) is 5.10. The standard InChI is InChI=1S/C15H15BrClNO/c1-18(11-6-8-12(19-2)9-7-11)15-5-3-4-14(17)13(15)10-16/h3-9H,10H2,1-2H3. The molecule has 0 atom stereocenters. The summed E-state index contributed by atoms with van der Waals surface area (Å²) in [6, 6.07) is 13.9. The summed E-state index contributed by atoms with van der Waals surface area (Å²) in [6.45, 7) is 0. The zero-order valence-electron chi connectivity index (χ0n) is 10.9. The molecule has 2 nitrogen and oxygen atoms in total. The Morgan fingerprint density at radius 2 is 1.84 bits per heavy atom. The summed E-state index contributed by atoms with van der Waals surface area (Å²) < 4.78 is 5.17. The molecule has 4 heteroatoms. The Balaban J connectivity index is 2.37. The van der Waals surface area contributed by atoms with Gasteiger partial charge in [-0.15, -0.1) is 0 Å². The number of rotatable bonds is 4. The molecule has 2 aromatic rings. The number of hydrogen-bond donors (Lipinski definition) is 0. The molecule has 0 N–H and O–H groups in total. The van der Waals surface area contributed by atoms with Crippen LogP contribution in [0.3, 0.4) is 0 Å². The number of nitrogens with zero attached hydrogens (tertiary/aromatic N) is 1. The Labute approximate surface area is 127 Å². The van der Waals surface area contributed by atoms with Crippen LogP contribution < -0.4 is 9.64 Å². The average molecular weight is 341 g/mol. The van der Waals surface area contributed by atoms with Crippen molar-refractivity contribution in [3.05, 3.63) is 53.1 Å². The SMILES string of the molecule is COc1ccc(N(C)c2cccc(Cl)c2CBr)cc1. The summed E-state index contributed by atoms with van der Waals surface area (Å²) in [7, 11) is 3.69. The van der Waals surface area contributed by atoms with Crippen molar-refractivity contribution < 1.29 is 4.74 Å². The molecule has 0 saturated carbocycles. The number of benzene rings is 2. The molecule has 100 valence electrons. The number of methoxy groups -OCH3 is 1. The molecule has 2 rings (SSSR count). The number of anilines is 2. The largest absolute Gasteiger partial charge is 0.497 e. The van der Waals surface area contributed by atoms with Gasteiger partial charge >= 0.3 is 0 Å². The van der Waals surface area contributed by atoms with E-state index in [1.54, 1.807) is 7.11 Å².